The fourth-order valence-corrected chi connectivity index (χ4v) is 2.19. The zero-order valence-electron chi connectivity index (χ0n) is 11.7. The Morgan fingerprint density at radius 2 is 2.00 bits per heavy atom. The van der Waals surface area contributed by atoms with Crippen LogP contribution in [0.1, 0.15) is 34.5 Å². The van der Waals surface area contributed by atoms with E-state index in [-0.39, 0.29) is 17.4 Å². The average molecular weight is 308 g/mol. The maximum absolute atomic E-state index is 13.6. The Balaban J connectivity index is 2.29. The predicted molar refractivity (Wildman–Crippen MR) is 81.6 cm³/mol. The SMILES string of the molecule is Cc1ccc(C(C)Nc2ccc(Cl)cc2C(=O)O)cc1F. The van der Waals surface area contributed by atoms with Gasteiger partial charge in [-0.1, -0.05) is 23.7 Å². The number of aromatic carboxylic acids is 1. The van der Waals surface area contributed by atoms with Crippen LogP contribution >= 0.6 is 11.6 Å². The lowest BCUT2D eigenvalue weighted by Crippen LogP contribution is -2.11. The van der Waals surface area contributed by atoms with E-state index in [1.165, 1.54) is 12.1 Å². The van der Waals surface area contributed by atoms with Crippen LogP contribution in [0, 0.1) is 12.7 Å². The predicted octanol–water partition coefficient (Wildman–Crippen LogP) is 4.66. The number of aryl methyl sites for hydroxylation is 1. The minimum atomic E-state index is -1.07. The third kappa shape index (κ3) is 3.52. The molecule has 0 heterocycles. The molecule has 5 heteroatoms. The van der Waals surface area contributed by atoms with Crippen molar-refractivity contribution in [1.82, 2.24) is 0 Å². The number of hydrogen-bond donors (Lipinski definition) is 2. The Morgan fingerprint density at radius 3 is 2.62 bits per heavy atom. The average Bonchev–Trinajstić information content (AvgIpc) is 2.43. The van der Waals surface area contributed by atoms with Gasteiger partial charge in [-0.15, -0.1) is 0 Å². The number of rotatable bonds is 4. The van der Waals surface area contributed by atoms with Crippen molar-refractivity contribution in [1.29, 1.82) is 0 Å². The number of nitrogens with one attached hydrogen (secondary N) is 1. The second-order valence-electron chi connectivity index (χ2n) is 4.87. The summed E-state index contributed by atoms with van der Waals surface area (Å²) in [7, 11) is 0. The van der Waals surface area contributed by atoms with Gasteiger partial charge in [-0.05, 0) is 49.2 Å². The Kier molecular flexibility index (Phi) is 4.48. The van der Waals surface area contributed by atoms with Crippen molar-refractivity contribution in [2.24, 2.45) is 0 Å². The van der Waals surface area contributed by atoms with Gasteiger partial charge in [0.2, 0.25) is 0 Å². The maximum Gasteiger partial charge on any atom is 0.337 e. The number of halogens is 2. The molecule has 0 aliphatic carbocycles. The van der Waals surface area contributed by atoms with Gasteiger partial charge in [0, 0.05) is 16.8 Å². The van der Waals surface area contributed by atoms with Crippen LogP contribution in [0.25, 0.3) is 0 Å². The van der Waals surface area contributed by atoms with Gasteiger partial charge in [0.1, 0.15) is 5.82 Å². The molecule has 0 spiro atoms. The van der Waals surface area contributed by atoms with Gasteiger partial charge in [0.25, 0.3) is 0 Å². The summed E-state index contributed by atoms with van der Waals surface area (Å²) in [5.74, 6) is -1.35. The molecule has 3 nitrogen and oxygen atoms in total. The molecule has 110 valence electrons. The third-order valence-electron chi connectivity index (χ3n) is 3.28. The van der Waals surface area contributed by atoms with Crippen molar-refractivity contribution in [2.75, 3.05) is 5.32 Å². The van der Waals surface area contributed by atoms with E-state index in [4.69, 9.17) is 11.6 Å². The molecule has 0 aromatic heterocycles. The van der Waals surface area contributed by atoms with E-state index >= 15 is 0 Å². The lowest BCUT2D eigenvalue weighted by Gasteiger charge is -2.18. The quantitative estimate of drug-likeness (QED) is 0.863. The molecule has 21 heavy (non-hydrogen) atoms. The molecule has 2 rings (SSSR count). The first-order valence-corrected chi connectivity index (χ1v) is 6.81. The zero-order chi connectivity index (χ0) is 15.6. The fraction of sp³-hybridized carbons (Fsp3) is 0.188. The van der Waals surface area contributed by atoms with Gasteiger partial charge in [0.05, 0.1) is 5.56 Å². The molecule has 2 aromatic rings. The molecular weight excluding hydrogens is 293 g/mol. The van der Waals surface area contributed by atoms with Crippen LogP contribution in [-0.4, -0.2) is 11.1 Å². The Morgan fingerprint density at radius 1 is 1.29 bits per heavy atom. The third-order valence-corrected chi connectivity index (χ3v) is 3.52. The summed E-state index contributed by atoms with van der Waals surface area (Å²) in [4.78, 5) is 11.2. The molecule has 2 aromatic carbocycles. The van der Waals surface area contributed by atoms with E-state index in [0.29, 0.717) is 16.3 Å². The lowest BCUT2D eigenvalue weighted by molar-refractivity contribution is 0.0698. The van der Waals surface area contributed by atoms with Crippen molar-refractivity contribution in [3.05, 3.63) is 63.9 Å². The molecule has 0 bridgehead atoms. The molecule has 1 atom stereocenters. The Bertz CT molecular complexity index is 688. The van der Waals surface area contributed by atoms with Crippen molar-refractivity contribution in [2.45, 2.75) is 19.9 Å². The molecule has 2 N–H and O–H groups in total. The number of carboxylic acid groups (broad SMARTS) is 1. The summed E-state index contributed by atoms with van der Waals surface area (Å²) in [5.41, 5.74) is 1.84. The first kappa shape index (κ1) is 15.3. The highest BCUT2D eigenvalue weighted by atomic mass is 35.5. The smallest absolute Gasteiger partial charge is 0.337 e. The van der Waals surface area contributed by atoms with E-state index < -0.39 is 5.97 Å². The molecular formula is C16H15ClFNO2. The summed E-state index contributed by atoms with van der Waals surface area (Å²) in [6.07, 6.45) is 0. The number of anilines is 1. The highest BCUT2D eigenvalue weighted by Gasteiger charge is 2.14. The van der Waals surface area contributed by atoms with Gasteiger partial charge >= 0.3 is 5.97 Å². The van der Waals surface area contributed by atoms with E-state index in [2.05, 4.69) is 5.32 Å². The van der Waals surface area contributed by atoms with Gasteiger partial charge < -0.3 is 10.4 Å². The minimum Gasteiger partial charge on any atom is -0.478 e. The first-order chi connectivity index (χ1) is 9.88. The van der Waals surface area contributed by atoms with Crippen LogP contribution < -0.4 is 5.32 Å². The highest BCUT2D eigenvalue weighted by molar-refractivity contribution is 6.31. The van der Waals surface area contributed by atoms with E-state index in [1.807, 2.05) is 13.0 Å². The van der Waals surface area contributed by atoms with Crippen LogP contribution in [0.15, 0.2) is 36.4 Å². The topological polar surface area (TPSA) is 49.3 Å². The van der Waals surface area contributed by atoms with Gasteiger partial charge in [-0.25, -0.2) is 9.18 Å². The molecule has 0 aliphatic heterocycles. The number of hydrogen-bond acceptors (Lipinski definition) is 2. The van der Waals surface area contributed by atoms with E-state index in [1.54, 1.807) is 25.1 Å². The van der Waals surface area contributed by atoms with E-state index in [0.717, 1.165) is 5.56 Å². The molecule has 1 unspecified atom stereocenters. The fourth-order valence-electron chi connectivity index (χ4n) is 2.01. The summed E-state index contributed by atoms with van der Waals surface area (Å²) in [6, 6.07) is 9.32. The largest absolute Gasteiger partial charge is 0.478 e. The van der Waals surface area contributed by atoms with Crippen LogP contribution in [0.5, 0.6) is 0 Å². The molecule has 0 saturated carbocycles. The summed E-state index contributed by atoms with van der Waals surface area (Å²) in [6.45, 7) is 3.53. The van der Waals surface area contributed by atoms with Crippen LogP contribution in [0.2, 0.25) is 5.02 Å². The number of carboxylic acids is 1. The number of benzene rings is 2. The zero-order valence-corrected chi connectivity index (χ0v) is 12.4. The summed E-state index contributed by atoms with van der Waals surface area (Å²) >= 11 is 5.81. The second kappa shape index (κ2) is 6.14. The first-order valence-electron chi connectivity index (χ1n) is 6.44. The molecule has 0 amide bonds. The van der Waals surface area contributed by atoms with Gasteiger partial charge in [-0.2, -0.15) is 0 Å². The monoisotopic (exact) mass is 307 g/mol. The van der Waals surface area contributed by atoms with Gasteiger partial charge in [-0.3, -0.25) is 0 Å². The van der Waals surface area contributed by atoms with Crippen LogP contribution in [0.3, 0.4) is 0 Å². The minimum absolute atomic E-state index is 0.0851. The lowest BCUT2D eigenvalue weighted by atomic mass is 10.0. The standard InChI is InChI=1S/C16H15ClFNO2/c1-9-3-4-11(7-14(9)18)10(2)19-15-6-5-12(17)8-13(15)16(20)21/h3-8,10,19H,1-2H3,(H,20,21). The highest BCUT2D eigenvalue weighted by Crippen LogP contribution is 2.26. The Hall–Kier alpha value is -2.07. The molecule has 0 saturated heterocycles. The van der Waals surface area contributed by atoms with Crippen molar-refractivity contribution < 1.29 is 14.3 Å². The normalized spacial score (nSPS) is 12.0. The second-order valence-corrected chi connectivity index (χ2v) is 5.31. The van der Waals surface area contributed by atoms with Gasteiger partial charge in [0.15, 0.2) is 0 Å². The van der Waals surface area contributed by atoms with Crippen molar-refractivity contribution in [3.63, 3.8) is 0 Å². The number of carbonyl (C=O) groups is 1. The maximum atomic E-state index is 13.6. The van der Waals surface area contributed by atoms with E-state index in [9.17, 15) is 14.3 Å². The molecule has 0 radical (unpaired) electrons. The Labute approximate surface area is 127 Å². The van der Waals surface area contributed by atoms with Crippen LogP contribution in [-0.2, 0) is 0 Å². The molecule has 0 fully saturated rings. The van der Waals surface area contributed by atoms with Crippen molar-refractivity contribution >= 4 is 23.3 Å². The van der Waals surface area contributed by atoms with Crippen molar-refractivity contribution in [3.8, 4) is 0 Å². The van der Waals surface area contributed by atoms with Crippen LogP contribution in [0.4, 0.5) is 10.1 Å². The molecule has 0 aliphatic rings. The summed E-state index contributed by atoms with van der Waals surface area (Å²) < 4.78 is 13.6. The summed E-state index contributed by atoms with van der Waals surface area (Å²) in [5, 5.41) is 12.6.